The van der Waals surface area contributed by atoms with E-state index in [4.69, 9.17) is 9.47 Å². The molecule has 148 valence electrons. The molecule has 0 bridgehead atoms. The number of amides is 2. The number of rotatable bonds is 6. The van der Waals surface area contributed by atoms with Gasteiger partial charge in [-0.25, -0.2) is 0 Å². The molecule has 2 unspecified atom stereocenters. The average Bonchev–Trinajstić information content (AvgIpc) is 2.71. The molecule has 1 heterocycles. The number of hydrogen-bond acceptors (Lipinski definition) is 4. The Balaban J connectivity index is 1.62. The molecule has 2 amide bonds. The van der Waals surface area contributed by atoms with Gasteiger partial charge in [-0.1, -0.05) is 44.2 Å². The van der Waals surface area contributed by atoms with Crippen LogP contribution in [0.25, 0.3) is 0 Å². The Kier molecular flexibility index (Phi) is 6.19. The maximum absolute atomic E-state index is 13.0. The molecule has 0 radical (unpaired) electrons. The zero-order chi connectivity index (χ0) is 20.1. The van der Waals surface area contributed by atoms with Crippen molar-refractivity contribution in [3.8, 4) is 11.5 Å². The fraction of sp³-hybridized carbons (Fsp3) is 0.364. The van der Waals surface area contributed by atoms with Crippen LogP contribution in [0.1, 0.15) is 24.2 Å². The molecule has 28 heavy (non-hydrogen) atoms. The molecular formula is C22H26N2O4. The third-order valence-electron chi connectivity index (χ3n) is 4.68. The van der Waals surface area contributed by atoms with E-state index in [1.165, 1.54) is 0 Å². The van der Waals surface area contributed by atoms with Gasteiger partial charge in [0.15, 0.2) is 17.6 Å². The molecule has 0 saturated heterocycles. The van der Waals surface area contributed by atoms with Crippen molar-refractivity contribution in [2.75, 3.05) is 20.2 Å². The van der Waals surface area contributed by atoms with Crippen LogP contribution in [0.4, 0.5) is 0 Å². The molecular weight excluding hydrogens is 356 g/mol. The summed E-state index contributed by atoms with van der Waals surface area (Å²) < 4.78 is 11.7. The van der Waals surface area contributed by atoms with Gasteiger partial charge < -0.3 is 19.7 Å². The summed E-state index contributed by atoms with van der Waals surface area (Å²) in [4.78, 5) is 27.1. The summed E-state index contributed by atoms with van der Waals surface area (Å²) in [6.07, 6.45) is -0.263. The standard InChI is InChI=1S/C22H26N2O4/c1-15(2)20(23-21(25)16-9-5-4-6-10-16)22(26)24(3)13-17-14-27-18-11-7-8-12-19(18)28-17/h4-12,15,17,20H,13-14H2,1-3H3,(H,23,25). The van der Waals surface area contributed by atoms with Crippen molar-refractivity contribution in [1.82, 2.24) is 10.2 Å². The summed E-state index contributed by atoms with van der Waals surface area (Å²) in [6, 6.07) is 15.8. The molecule has 3 rings (SSSR count). The maximum atomic E-state index is 13.0. The van der Waals surface area contributed by atoms with Gasteiger partial charge in [0.1, 0.15) is 12.6 Å². The summed E-state index contributed by atoms with van der Waals surface area (Å²) in [6.45, 7) is 4.57. The quantitative estimate of drug-likeness (QED) is 0.834. The number of carbonyl (C=O) groups is 2. The first-order valence-electron chi connectivity index (χ1n) is 9.45. The zero-order valence-corrected chi connectivity index (χ0v) is 16.4. The second-order valence-corrected chi connectivity index (χ2v) is 7.28. The first-order valence-corrected chi connectivity index (χ1v) is 9.45. The minimum atomic E-state index is -0.616. The predicted molar refractivity (Wildman–Crippen MR) is 107 cm³/mol. The van der Waals surface area contributed by atoms with Gasteiger partial charge in [-0.2, -0.15) is 0 Å². The molecule has 6 heteroatoms. The normalized spacial score (nSPS) is 16.4. The predicted octanol–water partition coefficient (Wildman–Crippen LogP) is 2.74. The summed E-state index contributed by atoms with van der Waals surface area (Å²) in [5.41, 5.74) is 0.532. The van der Waals surface area contributed by atoms with E-state index in [-0.39, 0.29) is 23.8 Å². The maximum Gasteiger partial charge on any atom is 0.251 e. The van der Waals surface area contributed by atoms with Crippen LogP contribution in [0.15, 0.2) is 54.6 Å². The zero-order valence-electron chi connectivity index (χ0n) is 16.4. The fourth-order valence-corrected chi connectivity index (χ4v) is 3.11. The number of para-hydroxylation sites is 2. The number of nitrogens with one attached hydrogen (secondary N) is 1. The van der Waals surface area contributed by atoms with Crippen LogP contribution >= 0.6 is 0 Å². The second-order valence-electron chi connectivity index (χ2n) is 7.28. The van der Waals surface area contributed by atoms with Crippen molar-refractivity contribution in [3.05, 3.63) is 60.2 Å². The van der Waals surface area contributed by atoms with Crippen molar-refractivity contribution in [2.24, 2.45) is 5.92 Å². The van der Waals surface area contributed by atoms with Crippen LogP contribution in [0, 0.1) is 5.92 Å². The summed E-state index contributed by atoms with van der Waals surface area (Å²) in [5, 5.41) is 2.86. The summed E-state index contributed by atoms with van der Waals surface area (Å²) in [5.74, 6) is 0.932. The SMILES string of the molecule is CC(C)C(NC(=O)c1ccccc1)C(=O)N(C)CC1COc2ccccc2O1. The number of hydrogen-bond donors (Lipinski definition) is 1. The molecule has 0 fully saturated rings. The van der Waals surface area contributed by atoms with E-state index in [1.807, 2.05) is 44.2 Å². The van der Waals surface area contributed by atoms with Crippen molar-refractivity contribution >= 4 is 11.8 Å². The highest BCUT2D eigenvalue weighted by Gasteiger charge is 2.30. The Morgan fingerprint density at radius 2 is 1.71 bits per heavy atom. The monoisotopic (exact) mass is 382 g/mol. The molecule has 2 aromatic rings. The average molecular weight is 382 g/mol. The first-order chi connectivity index (χ1) is 13.5. The van der Waals surface area contributed by atoms with Crippen LogP contribution in [-0.2, 0) is 4.79 Å². The number of nitrogens with zero attached hydrogens (tertiary/aromatic N) is 1. The number of carbonyl (C=O) groups excluding carboxylic acids is 2. The third-order valence-corrected chi connectivity index (χ3v) is 4.68. The molecule has 2 atom stereocenters. The summed E-state index contributed by atoms with van der Waals surface area (Å²) in [7, 11) is 1.72. The van der Waals surface area contributed by atoms with E-state index in [1.54, 1.807) is 36.2 Å². The van der Waals surface area contributed by atoms with Crippen LogP contribution in [0.5, 0.6) is 11.5 Å². The van der Waals surface area contributed by atoms with Crippen molar-refractivity contribution in [2.45, 2.75) is 26.0 Å². The second kappa shape index (κ2) is 8.78. The van der Waals surface area contributed by atoms with Crippen LogP contribution < -0.4 is 14.8 Å². The Morgan fingerprint density at radius 3 is 2.39 bits per heavy atom. The molecule has 2 aromatic carbocycles. The number of likely N-dealkylation sites (N-methyl/N-ethyl adjacent to an activating group) is 1. The van der Waals surface area contributed by atoms with E-state index in [0.717, 1.165) is 0 Å². The van der Waals surface area contributed by atoms with Gasteiger partial charge >= 0.3 is 0 Å². The van der Waals surface area contributed by atoms with Crippen molar-refractivity contribution in [1.29, 1.82) is 0 Å². The molecule has 1 aliphatic heterocycles. The van der Waals surface area contributed by atoms with Gasteiger partial charge in [-0.3, -0.25) is 9.59 Å². The van der Waals surface area contributed by atoms with E-state index in [0.29, 0.717) is 30.2 Å². The highest BCUT2D eigenvalue weighted by molar-refractivity contribution is 5.97. The molecule has 0 spiro atoms. The molecule has 1 N–H and O–H groups in total. The van der Waals surface area contributed by atoms with Gasteiger partial charge in [-0.15, -0.1) is 0 Å². The minimum absolute atomic E-state index is 0.0492. The number of benzene rings is 2. The molecule has 0 saturated carbocycles. The largest absolute Gasteiger partial charge is 0.486 e. The number of ether oxygens (including phenoxy) is 2. The highest BCUT2D eigenvalue weighted by Crippen LogP contribution is 2.31. The van der Waals surface area contributed by atoms with Crippen LogP contribution in [0.3, 0.4) is 0 Å². The van der Waals surface area contributed by atoms with Crippen molar-refractivity contribution in [3.63, 3.8) is 0 Å². The first kappa shape index (κ1) is 19.7. The molecule has 1 aliphatic rings. The van der Waals surface area contributed by atoms with Crippen molar-refractivity contribution < 1.29 is 19.1 Å². The fourth-order valence-electron chi connectivity index (χ4n) is 3.11. The van der Waals surface area contributed by atoms with E-state index >= 15 is 0 Å². The Morgan fingerprint density at radius 1 is 1.07 bits per heavy atom. The van der Waals surface area contributed by atoms with E-state index in [9.17, 15) is 9.59 Å². The summed E-state index contributed by atoms with van der Waals surface area (Å²) >= 11 is 0. The Labute approximate surface area is 165 Å². The highest BCUT2D eigenvalue weighted by atomic mass is 16.6. The van der Waals surface area contributed by atoms with Gasteiger partial charge in [0.05, 0.1) is 6.54 Å². The minimum Gasteiger partial charge on any atom is -0.486 e. The lowest BCUT2D eigenvalue weighted by Crippen LogP contribution is -2.52. The van der Waals surface area contributed by atoms with Crippen LogP contribution in [0.2, 0.25) is 0 Å². The lowest BCUT2D eigenvalue weighted by molar-refractivity contribution is -0.134. The lowest BCUT2D eigenvalue weighted by Gasteiger charge is -2.32. The Bertz CT molecular complexity index is 822. The third kappa shape index (κ3) is 4.63. The van der Waals surface area contributed by atoms with Gasteiger partial charge in [-0.05, 0) is 30.2 Å². The molecule has 0 aromatic heterocycles. The van der Waals surface area contributed by atoms with Gasteiger partial charge in [0.2, 0.25) is 5.91 Å². The van der Waals surface area contributed by atoms with Gasteiger partial charge in [0.25, 0.3) is 5.91 Å². The van der Waals surface area contributed by atoms with E-state index in [2.05, 4.69) is 5.32 Å². The molecule has 0 aliphatic carbocycles. The molecule has 6 nitrogen and oxygen atoms in total. The van der Waals surface area contributed by atoms with E-state index < -0.39 is 6.04 Å². The smallest absolute Gasteiger partial charge is 0.251 e. The topological polar surface area (TPSA) is 67.9 Å². The van der Waals surface area contributed by atoms with Crippen LogP contribution in [-0.4, -0.2) is 49.1 Å². The van der Waals surface area contributed by atoms with Gasteiger partial charge in [0, 0.05) is 12.6 Å². The Hall–Kier alpha value is -3.02. The number of fused-ring (bicyclic) bond motifs is 1. The lowest BCUT2D eigenvalue weighted by atomic mass is 10.0.